The van der Waals surface area contributed by atoms with E-state index in [0.29, 0.717) is 0 Å². The highest BCUT2D eigenvalue weighted by Crippen LogP contribution is 2.19. The fourth-order valence-electron chi connectivity index (χ4n) is 1.43. The van der Waals surface area contributed by atoms with Gasteiger partial charge in [0.1, 0.15) is 5.82 Å². The second-order valence-corrected chi connectivity index (χ2v) is 3.53. The number of hydrogen-bond donors (Lipinski definition) is 0. The molecule has 0 bridgehead atoms. The van der Waals surface area contributed by atoms with E-state index >= 15 is 0 Å². The third-order valence-electron chi connectivity index (χ3n) is 2.19. The summed E-state index contributed by atoms with van der Waals surface area (Å²) in [6.45, 7) is 1.46. The zero-order valence-electron chi connectivity index (χ0n) is 19.8. The van der Waals surface area contributed by atoms with E-state index in [0.717, 1.165) is 0 Å². The maximum Gasteiger partial charge on any atom is 0.163 e. The highest BCUT2D eigenvalue weighted by Gasteiger charge is 2.07. The first kappa shape index (κ1) is 4.85. The summed E-state index contributed by atoms with van der Waals surface area (Å²) in [6, 6.07) is -5.48. The molecule has 0 unspecified atom stereocenters. The number of rotatable bonds is 2. The van der Waals surface area contributed by atoms with Crippen LogP contribution in [0.4, 0.5) is 0 Å². The van der Waals surface area contributed by atoms with Gasteiger partial charge in [0.2, 0.25) is 0 Å². The van der Waals surface area contributed by atoms with E-state index in [4.69, 9.17) is 13.7 Å². The van der Waals surface area contributed by atoms with Crippen LogP contribution < -0.4 is 0 Å². The van der Waals surface area contributed by atoms with Crippen molar-refractivity contribution in [2.24, 2.45) is 0 Å². The summed E-state index contributed by atoms with van der Waals surface area (Å²) in [5.41, 5.74) is -0.537. The SMILES string of the molecule is [2H]c1c([2H])c([2H])c(-c2nc(C)nc(-c3c([2H])c([2H])c([2H])c([2H])c3[2H])n2)c([2H])c1[2H]. The van der Waals surface area contributed by atoms with Gasteiger partial charge in [0.15, 0.2) is 11.6 Å². The molecule has 0 amide bonds. The quantitative estimate of drug-likeness (QED) is 0.705. The Morgan fingerprint density at radius 2 is 1.11 bits per heavy atom. The molecule has 3 aromatic rings. The summed E-state index contributed by atoms with van der Waals surface area (Å²) in [4.78, 5) is 12.2. The number of aromatic nitrogens is 3. The van der Waals surface area contributed by atoms with Gasteiger partial charge < -0.3 is 0 Å². The number of benzene rings is 2. The number of hydrogen-bond acceptors (Lipinski definition) is 3. The van der Waals surface area contributed by atoms with Crippen molar-refractivity contribution < 1.29 is 13.7 Å². The molecule has 3 rings (SSSR count). The first-order valence-corrected chi connectivity index (χ1v) is 5.34. The Morgan fingerprint density at radius 1 is 0.684 bits per heavy atom. The summed E-state index contributed by atoms with van der Waals surface area (Å²) in [6.07, 6.45) is 0. The minimum atomic E-state index is -0.569. The van der Waals surface area contributed by atoms with Crippen LogP contribution in [0.15, 0.2) is 60.4 Å². The number of nitrogens with zero attached hydrogens (tertiary/aromatic N) is 3. The fraction of sp³-hybridized carbons (Fsp3) is 0.0625. The molecular weight excluding hydrogens is 234 g/mol. The van der Waals surface area contributed by atoms with Gasteiger partial charge in [0, 0.05) is 11.1 Å². The molecule has 0 aliphatic rings. The van der Waals surface area contributed by atoms with Gasteiger partial charge in [-0.05, 0) is 6.92 Å². The van der Waals surface area contributed by atoms with Gasteiger partial charge in [-0.15, -0.1) is 0 Å². The molecule has 1 heterocycles. The van der Waals surface area contributed by atoms with Crippen LogP contribution in [0.2, 0.25) is 0 Å². The molecule has 3 heteroatoms. The molecular formula is C16H13N3. The fourth-order valence-corrected chi connectivity index (χ4v) is 1.43. The number of aryl methyl sites for hydroxylation is 1. The predicted molar refractivity (Wildman–Crippen MR) is 75.4 cm³/mol. The summed E-state index contributed by atoms with van der Waals surface area (Å²) >= 11 is 0. The second kappa shape index (κ2) is 4.98. The summed E-state index contributed by atoms with van der Waals surface area (Å²) in [7, 11) is 0. The average molecular weight is 257 g/mol. The molecule has 0 spiro atoms. The molecule has 0 N–H and O–H groups in total. The highest BCUT2D eigenvalue weighted by atomic mass is 15.0. The lowest BCUT2D eigenvalue weighted by molar-refractivity contribution is 0.992. The molecule has 0 saturated carbocycles. The average Bonchev–Trinajstić information content (AvgIpc) is 2.67. The van der Waals surface area contributed by atoms with Gasteiger partial charge in [-0.3, -0.25) is 0 Å². The lowest BCUT2D eigenvalue weighted by Crippen LogP contribution is -1.99. The van der Waals surface area contributed by atoms with E-state index in [1.54, 1.807) is 0 Å². The van der Waals surface area contributed by atoms with Crippen LogP contribution in [-0.4, -0.2) is 15.0 Å². The van der Waals surface area contributed by atoms with Crippen LogP contribution in [0.1, 0.15) is 19.5 Å². The van der Waals surface area contributed by atoms with E-state index in [1.807, 2.05) is 0 Å². The zero-order valence-corrected chi connectivity index (χ0v) is 9.84. The molecule has 0 radical (unpaired) electrons. The molecule has 0 fully saturated rings. The lowest BCUT2D eigenvalue weighted by atomic mass is 10.2. The van der Waals surface area contributed by atoms with Crippen molar-refractivity contribution in [3.05, 3.63) is 66.2 Å². The van der Waals surface area contributed by atoms with Gasteiger partial charge in [-0.2, -0.15) is 0 Å². The van der Waals surface area contributed by atoms with Crippen molar-refractivity contribution in [2.45, 2.75) is 6.92 Å². The summed E-state index contributed by atoms with van der Waals surface area (Å²) in [5.74, 6) is -0.420. The van der Waals surface area contributed by atoms with Crippen LogP contribution in [0.5, 0.6) is 0 Å². The Balaban J connectivity index is 2.37. The Hall–Kier alpha value is -2.55. The summed E-state index contributed by atoms with van der Waals surface area (Å²) in [5, 5.41) is 0. The third-order valence-corrected chi connectivity index (χ3v) is 2.19. The normalized spacial score (nSPS) is 17.7. The molecule has 0 aliphatic carbocycles. The van der Waals surface area contributed by atoms with E-state index in [2.05, 4.69) is 15.0 Å². The molecule has 0 atom stereocenters. The van der Waals surface area contributed by atoms with Gasteiger partial charge in [-0.25, -0.2) is 15.0 Å². The molecule has 2 aromatic carbocycles. The minimum Gasteiger partial charge on any atom is -0.213 e. The van der Waals surface area contributed by atoms with Gasteiger partial charge in [-0.1, -0.05) is 60.4 Å². The molecule has 19 heavy (non-hydrogen) atoms. The smallest absolute Gasteiger partial charge is 0.163 e. The zero-order chi connectivity index (χ0) is 21.8. The first-order chi connectivity index (χ1) is 13.5. The largest absolute Gasteiger partial charge is 0.213 e. The molecule has 92 valence electrons. The van der Waals surface area contributed by atoms with E-state index in [9.17, 15) is 0 Å². The minimum absolute atomic E-state index is 0.0867. The maximum absolute atomic E-state index is 8.07. The van der Waals surface area contributed by atoms with Crippen molar-refractivity contribution >= 4 is 0 Å². The molecule has 0 aliphatic heterocycles. The van der Waals surface area contributed by atoms with Crippen molar-refractivity contribution in [3.8, 4) is 22.8 Å². The molecule has 0 saturated heterocycles. The van der Waals surface area contributed by atoms with Crippen molar-refractivity contribution in [2.75, 3.05) is 0 Å². The van der Waals surface area contributed by atoms with Gasteiger partial charge in [0.05, 0.1) is 13.7 Å². The van der Waals surface area contributed by atoms with Crippen LogP contribution in [0.25, 0.3) is 22.8 Å². The lowest BCUT2D eigenvalue weighted by Gasteiger charge is -2.05. The Bertz CT molecular complexity index is 1030. The summed E-state index contributed by atoms with van der Waals surface area (Å²) < 4.78 is 78.8. The van der Waals surface area contributed by atoms with E-state index in [1.165, 1.54) is 6.92 Å². The third kappa shape index (κ3) is 2.50. The molecule has 3 nitrogen and oxygen atoms in total. The highest BCUT2D eigenvalue weighted by molar-refractivity contribution is 5.60. The Labute approximate surface area is 126 Å². The Kier molecular flexibility index (Phi) is 1.27. The monoisotopic (exact) mass is 257 g/mol. The first-order valence-electron chi connectivity index (χ1n) is 10.3. The van der Waals surface area contributed by atoms with Gasteiger partial charge >= 0.3 is 0 Å². The van der Waals surface area contributed by atoms with Crippen LogP contribution in [0.3, 0.4) is 0 Å². The predicted octanol–water partition coefficient (Wildman–Crippen LogP) is 3.51. The van der Waals surface area contributed by atoms with Crippen molar-refractivity contribution in [1.29, 1.82) is 0 Å². The van der Waals surface area contributed by atoms with Gasteiger partial charge in [0.25, 0.3) is 0 Å². The van der Waals surface area contributed by atoms with E-state index < -0.39 is 60.4 Å². The Morgan fingerprint density at radius 3 is 1.53 bits per heavy atom. The van der Waals surface area contributed by atoms with E-state index in [-0.39, 0.29) is 28.6 Å². The van der Waals surface area contributed by atoms with Crippen molar-refractivity contribution in [3.63, 3.8) is 0 Å². The van der Waals surface area contributed by atoms with Crippen LogP contribution in [-0.2, 0) is 0 Å². The maximum atomic E-state index is 8.07. The van der Waals surface area contributed by atoms with Crippen molar-refractivity contribution in [1.82, 2.24) is 15.0 Å². The van der Waals surface area contributed by atoms with Crippen LogP contribution in [0, 0.1) is 6.92 Å². The topological polar surface area (TPSA) is 38.7 Å². The standard InChI is InChI=1S/C16H13N3/c1-12-17-15(13-8-4-2-5-9-13)19-16(18-12)14-10-6-3-7-11-14/h2-11H,1H3/i2D,3D,4D,5D,6D,7D,8D,9D,10D,11D. The van der Waals surface area contributed by atoms with Crippen LogP contribution >= 0.6 is 0 Å². The second-order valence-electron chi connectivity index (χ2n) is 3.53. The molecule has 1 aromatic heterocycles.